The first-order valence-electron chi connectivity index (χ1n) is 7.57. The lowest BCUT2D eigenvalue weighted by atomic mass is 9.96. The van der Waals surface area contributed by atoms with Crippen molar-refractivity contribution >= 4 is 5.82 Å². The van der Waals surface area contributed by atoms with Crippen molar-refractivity contribution in [2.45, 2.75) is 32.1 Å². The van der Waals surface area contributed by atoms with Gasteiger partial charge in [-0.15, -0.1) is 0 Å². The summed E-state index contributed by atoms with van der Waals surface area (Å²) in [7, 11) is 1.72. The fourth-order valence-corrected chi connectivity index (χ4v) is 2.90. The Kier molecular flexibility index (Phi) is 4.34. The smallest absolute Gasteiger partial charge is 0.132 e. The zero-order valence-electron chi connectivity index (χ0n) is 12.4. The number of para-hydroxylation sites is 1. The predicted octanol–water partition coefficient (Wildman–Crippen LogP) is 3.02. The van der Waals surface area contributed by atoms with E-state index in [0.29, 0.717) is 0 Å². The first-order valence-corrected chi connectivity index (χ1v) is 7.57. The Balaban J connectivity index is 1.66. The molecule has 0 saturated carbocycles. The molecule has 1 aliphatic carbocycles. The number of nitrogens with zero attached hydrogens (tertiary/aromatic N) is 2. The van der Waals surface area contributed by atoms with Crippen molar-refractivity contribution in [3.63, 3.8) is 0 Å². The fraction of sp³-hybridized carbons (Fsp3) is 0.412. The molecule has 0 radical (unpaired) electrons. The molecular formula is C17H21N3O. The van der Waals surface area contributed by atoms with E-state index in [9.17, 15) is 0 Å². The van der Waals surface area contributed by atoms with Crippen molar-refractivity contribution in [1.82, 2.24) is 9.97 Å². The highest BCUT2D eigenvalue weighted by atomic mass is 16.5. The average molecular weight is 283 g/mol. The lowest BCUT2D eigenvalue weighted by molar-refractivity contribution is 0.410. The maximum absolute atomic E-state index is 5.39. The third kappa shape index (κ3) is 3.15. The van der Waals surface area contributed by atoms with Crippen molar-refractivity contribution in [3.8, 4) is 5.75 Å². The highest BCUT2D eigenvalue weighted by molar-refractivity contribution is 5.47. The van der Waals surface area contributed by atoms with E-state index in [1.165, 1.54) is 29.7 Å². The summed E-state index contributed by atoms with van der Waals surface area (Å²) >= 11 is 0. The molecule has 0 spiro atoms. The van der Waals surface area contributed by atoms with E-state index in [0.717, 1.165) is 37.4 Å². The third-order valence-corrected chi connectivity index (χ3v) is 4.00. The molecule has 21 heavy (non-hydrogen) atoms. The molecule has 1 aliphatic rings. The van der Waals surface area contributed by atoms with Crippen LogP contribution in [0.3, 0.4) is 0 Å². The SMILES string of the molecule is COc1ccccc1CCNc1ncnc2c1CCCC2. The largest absolute Gasteiger partial charge is 0.496 e. The Labute approximate surface area is 125 Å². The van der Waals surface area contributed by atoms with Gasteiger partial charge in [-0.2, -0.15) is 0 Å². The van der Waals surface area contributed by atoms with E-state index in [1.54, 1.807) is 13.4 Å². The van der Waals surface area contributed by atoms with Crippen molar-refractivity contribution in [2.24, 2.45) is 0 Å². The van der Waals surface area contributed by atoms with E-state index in [-0.39, 0.29) is 0 Å². The second-order valence-corrected chi connectivity index (χ2v) is 5.34. The summed E-state index contributed by atoms with van der Waals surface area (Å²) in [5, 5.41) is 3.47. The predicted molar refractivity (Wildman–Crippen MR) is 83.9 cm³/mol. The highest BCUT2D eigenvalue weighted by Gasteiger charge is 2.15. The van der Waals surface area contributed by atoms with Crippen LogP contribution in [0.2, 0.25) is 0 Å². The molecule has 1 aromatic carbocycles. The minimum absolute atomic E-state index is 0.851. The first-order chi connectivity index (χ1) is 10.4. The van der Waals surface area contributed by atoms with Gasteiger partial charge in [0.25, 0.3) is 0 Å². The van der Waals surface area contributed by atoms with Gasteiger partial charge in [0.2, 0.25) is 0 Å². The van der Waals surface area contributed by atoms with Crippen LogP contribution in [0.4, 0.5) is 5.82 Å². The molecule has 1 N–H and O–H groups in total. The Morgan fingerprint density at radius 3 is 2.90 bits per heavy atom. The maximum Gasteiger partial charge on any atom is 0.132 e. The van der Waals surface area contributed by atoms with Crippen LogP contribution >= 0.6 is 0 Å². The number of anilines is 1. The summed E-state index contributed by atoms with van der Waals surface area (Å²) in [6.45, 7) is 0.851. The molecule has 3 rings (SSSR count). The molecule has 0 fully saturated rings. The molecular weight excluding hydrogens is 262 g/mol. The molecule has 2 aromatic rings. The number of aryl methyl sites for hydroxylation is 1. The fourth-order valence-electron chi connectivity index (χ4n) is 2.90. The van der Waals surface area contributed by atoms with E-state index >= 15 is 0 Å². The van der Waals surface area contributed by atoms with E-state index in [4.69, 9.17) is 4.74 Å². The zero-order chi connectivity index (χ0) is 14.5. The van der Waals surface area contributed by atoms with E-state index in [1.807, 2.05) is 18.2 Å². The van der Waals surface area contributed by atoms with Gasteiger partial charge in [-0.1, -0.05) is 18.2 Å². The van der Waals surface area contributed by atoms with E-state index in [2.05, 4.69) is 21.4 Å². The van der Waals surface area contributed by atoms with Crippen LogP contribution in [-0.2, 0) is 19.3 Å². The molecule has 0 amide bonds. The molecule has 0 unspecified atom stereocenters. The number of hydrogen-bond acceptors (Lipinski definition) is 4. The third-order valence-electron chi connectivity index (χ3n) is 4.00. The number of rotatable bonds is 5. The van der Waals surface area contributed by atoms with E-state index < -0.39 is 0 Å². The summed E-state index contributed by atoms with van der Waals surface area (Å²) in [5.74, 6) is 1.96. The monoisotopic (exact) mass is 283 g/mol. The number of fused-ring (bicyclic) bond motifs is 1. The molecule has 0 atom stereocenters. The molecule has 110 valence electrons. The molecule has 1 heterocycles. The van der Waals surface area contributed by atoms with Gasteiger partial charge in [0, 0.05) is 17.8 Å². The van der Waals surface area contributed by atoms with Gasteiger partial charge in [-0.25, -0.2) is 9.97 Å². The van der Waals surface area contributed by atoms with Crippen molar-refractivity contribution in [1.29, 1.82) is 0 Å². The summed E-state index contributed by atoms with van der Waals surface area (Å²) in [6, 6.07) is 8.15. The lowest BCUT2D eigenvalue weighted by Crippen LogP contribution is -2.14. The highest BCUT2D eigenvalue weighted by Crippen LogP contribution is 2.24. The Hall–Kier alpha value is -2.10. The van der Waals surface area contributed by atoms with Crippen LogP contribution < -0.4 is 10.1 Å². The number of hydrogen-bond donors (Lipinski definition) is 1. The van der Waals surface area contributed by atoms with Crippen LogP contribution in [0.25, 0.3) is 0 Å². The average Bonchev–Trinajstić information content (AvgIpc) is 2.55. The lowest BCUT2D eigenvalue weighted by Gasteiger charge is -2.18. The Bertz CT molecular complexity index is 613. The van der Waals surface area contributed by atoms with Crippen LogP contribution in [0, 0.1) is 0 Å². The second-order valence-electron chi connectivity index (χ2n) is 5.34. The van der Waals surface area contributed by atoms with Gasteiger partial charge < -0.3 is 10.1 Å². The topological polar surface area (TPSA) is 47.0 Å². The quantitative estimate of drug-likeness (QED) is 0.916. The number of nitrogens with one attached hydrogen (secondary N) is 1. The molecule has 0 saturated heterocycles. The summed E-state index contributed by atoms with van der Waals surface area (Å²) in [4.78, 5) is 8.81. The molecule has 4 nitrogen and oxygen atoms in total. The normalized spacial score (nSPS) is 13.6. The molecule has 0 aliphatic heterocycles. The summed E-state index contributed by atoms with van der Waals surface area (Å²) in [5.41, 5.74) is 3.75. The van der Waals surface area contributed by atoms with Crippen LogP contribution in [0.1, 0.15) is 29.7 Å². The van der Waals surface area contributed by atoms with Crippen LogP contribution in [-0.4, -0.2) is 23.6 Å². The molecule has 4 heteroatoms. The number of aromatic nitrogens is 2. The number of ether oxygens (including phenoxy) is 1. The van der Waals surface area contributed by atoms with Crippen molar-refractivity contribution < 1.29 is 4.74 Å². The minimum atomic E-state index is 0.851. The van der Waals surface area contributed by atoms with Crippen molar-refractivity contribution in [2.75, 3.05) is 19.0 Å². The minimum Gasteiger partial charge on any atom is -0.496 e. The Morgan fingerprint density at radius 1 is 1.14 bits per heavy atom. The summed E-state index contributed by atoms with van der Waals surface area (Å²) in [6.07, 6.45) is 7.25. The van der Waals surface area contributed by atoms with Gasteiger partial charge in [-0.3, -0.25) is 0 Å². The summed E-state index contributed by atoms with van der Waals surface area (Å²) < 4.78 is 5.39. The molecule has 0 bridgehead atoms. The first kappa shape index (κ1) is 13.9. The number of methoxy groups -OCH3 is 1. The maximum atomic E-state index is 5.39. The van der Waals surface area contributed by atoms with Gasteiger partial charge in [-0.05, 0) is 43.7 Å². The standard InChI is InChI=1S/C17H21N3O/c1-21-16-9-5-2-6-13(16)10-11-18-17-14-7-3-4-8-15(14)19-12-20-17/h2,5-6,9,12H,3-4,7-8,10-11H2,1H3,(H,18,19,20). The second kappa shape index (κ2) is 6.57. The zero-order valence-corrected chi connectivity index (χ0v) is 12.4. The van der Waals surface area contributed by atoms with Crippen LogP contribution in [0.5, 0.6) is 5.75 Å². The Morgan fingerprint density at radius 2 is 2.00 bits per heavy atom. The van der Waals surface area contributed by atoms with Crippen LogP contribution in [0.15, 0.2) is 30.6 Å². The van der Waals surface area contributed by atoms with Gasteiger partial charge in [0.1, 0.15) is 17.9 Å². The van der Waals surface area contributed by atoms with Crippen molar-refractivity contribution in [3.05, 3.63) is 47.4 Å². The van der Waals surface area contributed by atoms with Gasteiger partial charge >= 0.3 is 0 Å². The number of benzene rings is 1. The molecule has 1 aromatic heterocycles. The van der Waals surface area contributed by atoms with Gasteiger partial charge in [0.05, 0.1) is 7.11 Å². The van der Waals surface area contributed by atoms with Gasteiger partial charge in [0.15, 0.2) is 0 Å².